The fraction of sp³-hybridized carbons (Fsp3) is 0.500. The van der Waals surface area contributed by atoms with Crippen molar-refractivity contribution in [1.82, 2.24) is 20.1 Å². The average molecular weight is 688 g/mol. The van der Waals surface area contributed by atoms with E-state index in [1.807, 2.05) is 36.4 Å². The van der Waals surface area contributed by atoms with Crippen LogP contribution in [0.2, 0.25) is 5.02 Å². The molecule has 2 aromatic carbocycles. The third kappa shape index (κ3) is 11.7. The van der Waals surface area contributed by atoms with Gasteiger partial charge in [-0.2, -0.15) is 0 Å². The van der Waals surface area contributed by atoms with Gasteiger partial charge in [-0.05, 0) is 70.0 Å². The van der Waals surface area contributed by atoms with Gasteiger partial charge in [0.1, 0.15) is 5.75 Å². The molecule has 1 heterocycles. The Morgan fingerprint density at radius 2 is 1.46 bits per heavy atom. The van der Waals surface area contributed by atoms with Crippen molar-refractivity contribution in [3.63, 3.8) is 0 Å². The van der Waals surface area contributed by atoms with Crippen molar-refractivity contribution in [2.24, 2.45) is 0 Å². The molecular formula is C34H46ClN5O8. The highest BCUT2D eigenvalue weighted by Gasteiger charge is 2.26. The molecule has 0 aliphatic heterocycles. The van der Waals surface area contributed by atoms with Crippen LogP contribution in [0.4, 0.5) is 15.3 Å². The van der Waals surface area contributed by atoms with Crippen LogP contribution >= 0.6 is 11.6 Å². The van der Waals surface area contributed by atoms with E-state index in [1.165, 1.54) is 4.90 Å². The Balaban J connectivity index is 1.47. The van der Waals surface area contributed by atoms with Gasteiger partial charge in [0.05, 0.1) is 56.7 Å². The minimum atomic E-state index is -0.862. The second kappa shape index (κ2) is 20.1. The number of imide groups is 1. The molecule has 0 radical (unpaired) electrons. The summed E-state index contributed by atoms with van der Waals surface area (Å²) >= 11 is 6.24. The minimum Gasteiger partial charge on any atom is -0.497 e. The summed E-state index contributed by atoms with van der Waals surface area (Å²) in [4.78, 5) is 56.6. The van der Waals surface area contributed by atoms with Gasteiger partial charge in [0, 0.05) is 42.0 Å². The molecule has 3 amide bonds. The molecule has 3 aromatic rings. The van der Waals surface area contributed by atoms with E-state index in [4.69, 9.17) is 35.5 Å². The van der Waals surface area contributed by atoms with Crippen LogP contribution in [-0.4, -0.2) is 105 Å². The topological polar surface area (TPSA) is 149 Å². The lowest BCUT2D eigenvalue weighted by Gasteiger charge is -2.25. The van der Waals surface area contributed by atoms with Crippen molar-refractivity contribution in [1.29, 1.82) is 0 Å². The summed E-state index contributed by atoms with van der Waals surface area (Å²) in [5.74, 6) is -0.0535. The fourth-order valence-electron chi connectivity index (χ4n) is 5.02. The average Bonchev–Trinajstić information content (AvgIpc) is 3.05. The smallest absolute Gasteiger partial charge is 0.419 e. The maximum absolute atomic E-state index is 12.7. The Bertz CT molecular complexity index is 1520. The molecule has 14 heteroatoms. The Morgan fingerprint density at radius 1 is 0.771 bits per heavy atom. The number of carbonyl (C=O) groups is 4. The van der Waals surface area contributed by atoms with Gasteiger partial charge in [-0.15, -0.1) is 0 Å². The number of nitrogens with zero attached hydrogens (tertiary/aromatic N) is 3. The number of rotatable bonds is 19. The molecule has 0 aliphatic rings. The predicted molar refractivity (Wildman–Crippen MR) is 185 cm³/mol. The summed E-state index contributed by atoms with van der Waals surface area (Å²) in [5.41, 5.74) is 2.65. The number of hydrogen-bond acceptors (Lipinski definition) is 11. The molecule has 3 rings (SSSR count). The van der Waals surface area contributed by atoms with Crippen LogP contribution in [0.15, 0.2) is 36.4 Å². The zero-order valence-corrected chi connectivity index (χ0v) is 28.9. The number of amides is 3. The first-order chi connectivity index (χ1) is 23.2. The van der Waals surface area contributed by atoms with Crippen molar-refractivity contribution >= 4 is 63.2 Å². The summed E-state index contributed by atoms with van der Waals surface area (Å²) in [5, 5.41) is 9.06. The molecule has 2 N–H and O–H groups in total. The van der Waals surface area contributed by atoms with Crippen LogP contribution in [0.1, 0.15) is 46.5 Å². The van der Waals surface area contributed by atoms with Gasteiger partial charge in [-0.1, -0.05) is 24.4 Å². The summed E-state index contributed by atoms with van der Waals surface area (Å²) < 4.78 is 20.4. The molecule has 0 saturated carbocycles. The van der Waals surface area contributed by atoms with Gasteiger partial charge in [-0.25, -0.2) is 19.5 Å². The molecule has 0 spiro atoms. The first kappa shape index (κ1) is 38.1. The largest absolute Gasteiger partial charge is 0.497 e. The highest BCUT2D eigenvalue weighted by Crippen LogP contribution is 2.34. The first-order valence-electron chi connectivity index (χ1n) is 16.3. The lowest BCUT2D eigenvalue weighted by molar-refractivity contribution is -0.144. The Labute approximate surface area is 286 Å². The monoisotopic (exact) mass is 687 g/mol. The van der Waals surface area contributed by atoms with Crippen molar-refractivity contribution in [2.45, 2.75) is 46.5 Å². The fourth-order valence-corrected chi connectivity index (χ4v) is 5.19. The summed E-state index contributed by atoms with van der Waals surface area (Å²) in [6, 6.07) is 11.5. The summed E-state index contributed by atoms with van der Waals surface area (Å²) in [7, 11) is 1.64. The SMILES string of the molecule is CCOC(=O)CN(CCN(C(=O)OCC)C(=O)OCC)CC(=O)NCCCCCCNc1c2ccc(Cl)cc2nc2ccc(OC)cc12. The second-order valence-corrected chi connectivity index (χ2v) is 11.2. The number of nitrogens with one attached hydrogen (secondary N) is 2. The summed E-state index contributed by atoms with van der Waals surface area (Å²) in [6.45, 7) is 6.08. The van der Waals surface area contributed by atoms with Crippen LogP contribution in [0, 0.1) is 0 Å². The number of carbonyl (C=O) groups excluding carboxylic acids is 4. The van der Waals surface area contributed by atoms with Crippen LogP contribution in [0.3, 0.4) is 0 Å². The molecule has 0 saturated heterocycles. The quantitative estimate of drug-likeness (QED) is 0.0700. The highest BCUT2D eigenvalue weighted by atomic mass is 35.5. The maximum Gasteiger partial charge on any atom is 0.419 e. The van der Waals surface area contributed by atoms with Gasteiger partial charge < -0.3 is 29.6 Å². The standard InChI is InChI=1S/C34H46ClN5O8/c1-5-46-31(42)23-39(18-19-40(33(43)47-6-2)34(44)48-7-3)22-30(41)36-16-10-8-9-11-17-37-32-26-14-12-24(35)20-29(26)38-28-15-13-25(45-4)21-27(28)32/h12-15,20-21H,5-11,16-19,22-23H2,1-4H3,(H,36,41)(H,37,38). The number of fused-ring (bicyclic) bond motifs is 2. The third-order valence-corrected chi connectivity index (χ3v) is 7.55. The first-order valence-corrected chi connectivity index (χ1v) is 16.6. The number of unbranched alkanes of at least 4 members (excludes halogenated alkanes) is 3. The van der Waals surface area contributed by atoms with E-state index in [0.29, 0.717) is 11.6 Å². The van der Waals surface area contributed by atoms with Gasteiger partial charge >= 0.3 is 18.2 Å². The van der Waals surface area contributed by atoms with E-state index >= 15 is 0 Å². The third-order valence-electron chi connectivity index (χ3n) is 7.31. The molecular weight excluding hydrogens is 642 g/mol. The van der Waals surface area contributed by atoms with Crippen molar-refractivity contribution < 1.29 is 38.1 Å². The Kier molecular flexibility index (Phi) is 16.0. The number of esters is 1. The number of hydrogen-bond donors (Lipinski definition) is 2. The number of aromatic nitrogens is 1. The number of pyridine rings is 1. The van der Waals surface area contributed by atoms with Crippen molar-refractivity contribution in [3.8, 4) is 5.75 Å². The number of ether oxygens (including phenoxy) is 4. The van der Waals surface area contributed by atoms with Gasteiger partial charge in [0.15, 0.2) is 0 Å². The predicted octanol–water partition coefficient (Wildman–Crippen LogP) is 5.62. The Morgan fingerprint density at radius 3 is 2.12 bits per heavy atom. The molecule has 13 nitrogen and oxygen atoms in total. The molecule has 0 unspecified atom stereocenters. The van der Waals surface area contributed by atoms with Crippen LogP contribution in [0.5, 0.6) is 5.75 Å². The molecule has 0 fully saturated rings. The maximum atomic E-state index is 12.7. The number of anilines is 1. The Hall–Kier alpha value is -4.36. The molecule has 0 bridgehead atoms. The van der Waals surface area contributed by atoms with Crippen molar-refractivity contribution in [3.05, 3.63) is 41.4 Å². The van der Waals surface area contributed by atoms with Crippen LogP contribution in [-0.2, 0) is 23.8 Å². The molecule has 48 heavy (non-hydrogen) atoms. The van der Waals surface area contributed by atoms with Crippen LogP contribution in [0.25, 0.3) is 21.8 Å². The van der Waals surface area contributed by atoms with E-state index in [2.05, 4.69) is 10.6 Å². The lowest BCUT2D eigenvalue weighted by atomic mass is 10.1. The zero-order valence-electron chi connectivity index (χ0n) is 28.1. The number of benzene rings is 2. The normalized spacial score (nSPS) is 11.0. The van der Waals surface area contributed by atoms with E-state index < -0.39 is 18.2 Å². The highest BCUT2D eigenvalue weighted by molar-refractivity contribution is 6.31. The van der Waals surface area contributed by atoms with Gasteiger partial charge in [0.25, 0.3) is 0 Å². The van der Waals surface area contributed by atoms with E-state index in [-0.39, 0.29) is 51.9 Å². The van der Waals surface area contributed by atoms with E-state index in [0.717, 1.165) is 70.4 Å². The molecule has 0 aliphatic carbocycles. The molecule has 1 aromatic heterocycles. The van der Waals surface area contributed by atoms with Gasteiger partial charge in [-0.3, -0.25) is 14.5 Å². The van der Waals surface area contributed by atoms with Crippen LogP contribution < -0.4 is 15.4 Å². The minimum absolute atomic E-state index is 0.0404. The second-order valence-electron chi connectivity index (χ2n) is 10.8. The number of methoxy groups -OCH3 is 1. The van der Waals surface area contributed by atoms with Crippen molar-refractivity contribution in [2.75, 3.05) is 71.5 Å². The summed E-state index contributed by atoms with van der Waals surface area (Å²) in [6.07, 6.45) is 1.83. The van der Waals surface area contributed by atoms with E-state index in [9.17, 15) is 19.2 Å². The number of halogens is 1. The van der Waals surface area contributed by atoms with E-state index in [1.54, 1.807) is 27.9 Å². The van der Waals surface area contributed by atoms with Gasteiger partial charge in [0.2, 0.25) is 5.91 Å². The molecule has 262 valence electrons. The zero-order chi connectivity index (χ0) is 34.9. The molecule has 0 atom stereocenters. The lowest BCUT2D eigenvalue weighted by Crippen LogP contribution is -2.46.